The quantitative estimate of drug-likeness (QED) is 0.733. The minimum absolute atomic E-state index is 0.0745. The van der Waals surface area contributed by atoms with E-state index in [2.05, 4.69) is 20.5 Å². The Labute approximate surface area is 146 Å². The van der Waals surface area contributed by atoms with Crippen LogP contribution in [0.4, 0.5) is 5.69 Å². The molecule has 0 saturated heterocycles. The summed E-state index contributed by atoms with van der Waals surface area (Å²) in [5.74, 6) is 0.453. The number of benzene rings is 1. The molecule has 5 heteroatoms. The van der Waals surface area contributed by atoms with Gasteiger partial charge in [0.25, 0.3) is 0 Å². The highest BCUT2D eigenvalue weighted by atomic mass is 16.1. The molecule has 1 saturated carbocycles. The van der Waals surface area contributed by atoms with Crippen molar-refractivity contribution >= 4 is 22.5 Å². The Morgan fingerprint density at radius 1 is 1.20 bits per heavy atom. The zero-order valence-electron chi connectivity index (χ0n) is 14.4. The Kier molecular flexibility index (Phi) is 4.22. The molecule has 0 unspecified atom stereocenters. The molecule has 1 aliphatic rings. The fourth-order valence-electron chi connectivity index (χ4n) is 3.84. The van der Waals surface area contributed by atoms with Gasteiger partial charge < -0.3 is 5.32 Å². The lowest BCUT2D eigenvalue weighted by Gasteiger charge is -2.21. The van der Waals surface area contributed by atoms with Gasteiger partial charge in [0.1, 0.15) is 0 Å². The van der Waals surface area contributed by atoms with Crippen molar-refractivity contribution in [3.63, 3.8) is 0 Å². The van der Waals surface area contributed by atoms with Crippen LogP contribution in [0.2, 0.25) is 0 Å². The van der Waals surface area contributed by atoms with Crippen molar-refractivity contribution in [2.45, 2.75) is 44.9 Å². The fraction of sp³-hybridized carbons (Fsp3) is 0.350. The van der Waals surface area contributed by atoms with E-state index in [1.807, 2.05) is 30.3 Å². The van der Waals surface area contributed by atoms with Gasteiger partial charge in [0.05, 0.1) is 11.2 Å². The number of carbonyl (C=O) groups is 1. The van der Waals surface area contributed by atoms with Crippen LogP contribution in [0.1, 0.15) is 50.6 Å². The summed E-state index contributed by atoms with van der Waals surface area (Å²) < 4.78 is 0. The maximum atomic E-state index is 11.4. The summed E-state index contributed by atoms with van der Waals surface area (Å²) >= 11 is 0. The number of rotatable bonds is 3. The minimum atomic E-state index is -0.0745. The van der Waals surface area contributed by atoms with Gasteiger partial charge in [-0.1, -0.05) is 31.4 Å². The average molecular weight is 334 g/mol. The minimum Gasteiger partial charge on any atom is -0.326 e. The molecule has 0 bridgehead atoms. The number of nitrogens with one attached hydrogen (secondary N) is 2. The summed E-state index contributed by atoms with van der Waals surface area (Å²) in [6.07, 6.45) is 8.09. The largest absolute Gasteiger partial charge is 0.326 e. The first-order valence-corrected chi connectivity index (χ1v) is 8.93. The van der Waals surface area contributed by atoms with Crippen molar-refractivity contribution < 1.29 is 4.79 Å². The second-order valence-corrected chi connectivity index (χ2v) is 6.79. The van der Waals surface area contributed by atoms with Crippen LogP contribution in [0.25, 0.3) is 22.2 Å². The van der Waals surface area contributed by atoms with Crippen LogP contribution in [0.5, 0.6) is 0 Å². The maximum absolute atomic E-state index is 11.4. The summed E-state index contributed by atoms with van der Waals surface area (Å²) in [6, 6.07) is 9.80. The monoisotopic (exact) mass is 334 g/mol. The molecule has 5 nitrogen and oxygen atoms in total. The normalized spacial score (nSPS) is 15.4. The number of carbonyl (C=O) groups excluding carboxylic acids is 1. The van der Waals surface area contributed by atoms with Gasteiger partial charge in [-0.05, 0) is 31.0 Å². The lowest BCUT2D eigenvalue weighted by Crippen LogP contribution is -2.06. The molecule has 128 valence electrons. The number of amides is 1. The number of hydrogen-bond donors (Lipinski definition) is 2. The summed E-state index contributed by atoms with van der Waals surface area (Å²) in [5.41, 5.74) is 4.87. The summed E-state index contributed by atoms with van der Waals surface area (Å²) in [4.78, 5) is 16.0. The molecule has 2 aromatic heterocycles. The first-order valence-electron chi connectivity index (χ1n) is 8.93. The van der Waals surface area contributed by atoms with Crippen LogP contribution < -0.4 is 5.32 Å². The highest BCUT2D eigenvalue weighted by molar-refractivity contribution is 5.96. The van der Waals surface area contributed by atoms with Crippen LogP contribution in [0.15, 0.2) is 36.5 Å². The molecule has 2 heterocycles. The third-order valence-electron chi connectivity index (χ3n) is 4.96. The van der Waals surface area contributed by atoms with Gasteiger partial charge in [-0.3, -0.25) is 14.9 Å². The van der Waals surface area contributed by atoms with Crippen molar-refractivity contribution in [2.24, 2.45) is 0 Å². The topological polar surface area (TPSA) is 70.7 Å². The molecule has 0 spiro atoms. The molecule has 25 heavy (non-hydrogen) atoms. The maximum Gasteiger partial charge on any atom is 0.221 e. The van der Waals surface area contributed by atoms with Gasteiger partial charge in [0.15, 0.2) is 0 Å². The molecule has 1 amide bonds. The predicted molar refractivity (Wildman–Crippen MR) is 99.5 cm³/mol. The molecule has 0 aliphatic heterocycles. The van der Waals surface area contributed by atoms with Crippen LogP contribution in [-0.4, -0.2) is 21.1 Å². The summed E-state index contributed by atoms with van der Waals surface area (Å²) in [5, 5.41) is 11.8. The number of anilines is 1. The van der Waals surface area contributed by atoms with Crippen LogP contribution in [-0.2, 0) is 4.79 Å². The van der Waals surface area contributed by atoms with Crippen LogP contribution in [0, 0.1) is 0 Å². The van der Waals surface area contributed by atoms with E-state index in [9.17, 15) is 4.79 Å². The van der Waals surface area contributed by atoms with Gasteiger partial charge in [0.2, 0.25) is 5.91 Å². The molecule has 0 radical (unpaired) electrons. The molecular weight excluding hydrogens is 312 g/mol. The number of hydrogen-bond acceptors (Lipinski definition) is 3. The van der Waals surface area contributed by atoms with Crippen molar-refractivity contribution in [3.05, 3.63) is 42.2 Å². The lowest BCUT2D eigenvalue weighted by molar-refractivity contribution is -0.114. The van der Waals surface area contributed by atoms with E-state index in [1.54, 1.807) is 6.20 Å². The molecule has 2 N–H and O–H groups in total. The highest BCUT2D eigenvalue weighted by Crippen LogP contribution is 2.38. The third kappa shape index (κ3) is 3.14. The van der Waals surface area contributed by atoms with Gasteiger partial charge in [0, 0.05) is 41.4 Å². The SMILES string of the molecule is CC(=O)Nc1cccc(-c2nccc3n[nH]c(C4CCCCC4)c23)c1. The zero-order chi connectivity index (χ0) is 17.2. The van der Waals surface area contributed by atoms with Crippen molar-refractivity contribution in [2.75, 3.05) is 5.32 Å². The number of fused-ring (bicyclic) bond motifs is 1. The summed E-state index contributed by atoms with van der Waals surface area (Å²) in [7, 11) is 0. The Balaban J connectivity index is 1.82. The van der Waals surface area contributed by atoms with E-state index in [-0.39, 0.29) is 5.91 Å². The number of H-pyrrole nitrogens is 1. The molecule has 1 aromatic carbocycles. The number of aromatic amines is 1. The first-order chi connectivity index (χ1) is 12.2. The van der Waals surface area contributed by atoms with E-state index in [0.29, 0.717) is 5.92 Å². The number of aromatic nitrogens is 3. The Hall–Kier alpha value is -2.69. The Morgan fingerprint density at radius 3 is 2.84 bits per heavy atom. The lowest BCUT2D eigenvalue weighted by atomic mass is 9.85. The molecule has 1 aliphatic carbocycles. The van der Waals surface area contributed by atoms with E-state index >= 15 is 0 Å². The van der Waals surface area contributed by atoms with E-state index < -0.39 is 0 Å². The van der Waals surface area contributed by atoms with Crippen molar-refractivity contribution in [1.82, 2.24) is 15.2 Å². The smallest absolute Gasteiger partial charge is 0.221 e. The number of pyridine rings is 1. The molecule has 4 rings (SSSR count). The molecule has 1 fully saturated rings. The standard InChI is InChI=1S/C20H22N4O/c1-13(25)22-16-9-5-8-15(12-16)19-18-17(10-11-21-19)23-24-20(18)14-6-3-2-4-7-14/h5,8-12,14H,2-4,6-7H2,1H3,(H,22,25)(H,23,24). The van der Waals surface area contributed by atoms with Gasteiger partial charge in [-0.2, -0.15) is 5.10 Å². The van der Waals surface area contributed by atoms with Crippen molar-refractivity contribution in [3.8, 4) is 11.3 Å². The van der Waals surface area contributed by atoms with Gasteiger partial charge in [-0.15, -0.1) is 0 Å². The zero-order valence-corrected chi connectivity index (χ0v) is 14.4. The highest BCUT2D eigenvalue weighted by Gasteiger charge is 2.22. The predicted octanol–water partition coefficient (Wildman–Crippen LogP) is 4.63. The molecular formula is C20H22N4O. The number of nitrogens with zero attached hydrogens (tertiary/aromatic N) is 2. The van der Waals surface area contributed by atoms with E-state index in [1.165, 1.54) is 44.7 Å². The summed E-state index contributed by atoms with van der Waals surface area (Å²) in [6.45, 7) is 1.52. The second-order valence-electron chi connectivity index (χ2n) is 6.79. The van der Waals surface area contributed by atoms with Gasteiger partial charge in [-0.25, -0.2) is 0 Å². The van der Waals surface area contributed by atoms with E-state index in [4.69, 9.17) is 0 Å². The van der Waals surface area contributed by atoms with Gasteiger partial charge >= 0.3 is 0 Å². The average Bonchev–Trinajstić information content (AvgIpc) is 3.06. The van der Waals surface area contributed by atoms with Crippen LogP contribution >= 0.6 is 0 Å². The Bertz CT molecular complexity index is 909. The third-order valence-corrected chi connectivity index (χ3v) is 4.96. The molecule has 0 atom stereocenters. The molecule has 3 aromatic rings. The van der Waals surface area contributed by atoms with E-state index in [0.717, 1.165) is 27.8 Å². The van der Waals surface area contributed by atoms with Crippen molar-refractivity contribution in [1.29, 1.82) is 0 Å². The first kappa shape index (κ1) is 15.8. The van der Waals surface area contributed by atoms with Crippen LogP contribution in [0.3, 0.4) is 0 Å². The second kappa shape index (κ2) is 6.67. The fourth-order valence-corrected chi connectivity index (χ4v) is 3.84. The Morgan fingerprint density at radius 2 is 2.04 bits per heavy atom.